The Kier molecular flexibility index (Phi) is 9.01. The number of halogens is 2. The van der Waals surface area contributed by atoms with Crippen LogP contribution in [0.25, 0.3) is 0 Å². The molecule has 2 fully saturated rings. The summed E-state index contributed by atoms with van der Waals surface area (Å²) in [7, 11) is 3.91. The number of fused-ring (bicyclic) bond motifs is 1. The topological polar surface area (TPSA) is 62.2 Å². The zero-order valence-electron chi connectivity index (χ0n) is 17.8. The van der Waals surface area contributed by atoms with Crippen LogP contribution in [0, 0.1) is 11.8 Å². The Bertz CT molecular complexity index is 865. The van der Waals surface area contributed by atoms with Crippen molar-refractivity contribution in [3.8, 4) is 11.5 Å². The molecule has 0 radical (unpaired) electrons. The molecule has 3 atom stereocenters. The lowest BCUT2D eigenvalue weighted by molar-refractivity contribution is -0.139. The fourth-order valence-electron chi connectivity index (χ4n) is 4.94. The van der Waals surface area contributed by atoms with Gasteiger partial charge in [0, 0.05) is 37.8 Å². The van der Waals surface area contributed by atoms with Crippen LogP contribution in [-0.4, -0.2) is 61.3 Å². The predicted molar refractivity (Wildman–Crippen MR) is 125 cm³/mol. The fourth-order valence-corrected chi connectivity index (χ4v) is 4.94. The smallest absolute Gasteiger partial charge is 0.341 e. The van der Waals surface area contributed by atoms with Gasteiger partial charge < -0.3 is 14.6 Å². The molecule has 31 heavy (non-hydrogen) atoms. The van der Waals surface area contributed by atoms with Crippen molar-refractivity contribution >= 4 is 30.8 Å². The van der Waals surface area contributed by atoms with Crippen LogP contribution >= 0.6 is 24.8 Å². The highest BCUT2D eigenvalue weighted by molar-refractivity contribution is 5.85. The van der Waals surface area contributed by atoms with E-state index in [1.54, 1.807) is 7.11 Å². The van der Waals surface area contributed by atoms with Gasteiger partial charge in [-0.15, -0.1) is 24.8 Å². The monoisotopic (exact) mass is 468 g/mol. The highest BCUT2D eigenvalue weighted by Crippen LogP contribution is 2.44. The van der Waals surface area contributed by atoms with Crippen LogP contribution in [0.4, 0.5) is 0 Å². The normalized spacial score (nSPS) is 22.8. The molecule has 0 aliphatic carbocycles. The summed E-state index contributed by atoms with van der Waals surface area (Å²) in [6.45, 7) is 3.64. The third kappa shape index (κ3) is 5.63. The number of carboxylic acids is 1. The quantitative estimate of drug-likeness (QED) is 0.667. The molecule has 8 heteroatoms. The highest BCUT2D eigenvalue weighted by Gasteiger charge is 2.46. The summed E-state index contributed by atoms with van der Waals surface area (Å²) in [6, 6.07) is 16.6. The molecule has 1 N–H and O–H groups in total. The number of methoxy groups -OCH3 is 1. The number of hydrogen-bond donors (Lipinski definition) is 1. The van der Waals surface area contributed by atoms with Crippen LogP contribution in [-0.2, 0) is 11.3 Å². The van der Waals surface area contributed by atoms with Gasteiger partial charge in [0.1, 0.15) is 11.5 Å². The van der Waals surface area contributed by atoms with Crippen molar-refractivity contribution in [3.63, 3.8) is 0 Å². The maximum atomic E-state index is 10.9. The van der Waals surface area contributed by atoms with Gasteiger partial charge in [0.15, 0.2) is 6.61 Å². The lowest BCUT2D eigenvalue weighted by Crippen LogP contribution is -2.29. The number of likely N-dealkylation sites (tertiary alicyclic amines) is 2. The summed E-state index contributed by atoms with van der Waals surface area (Å²) in [4.78, 5) is 15.8. The van der Waals surface area contributed by atoms with Crippen LogP contribution in [0.1, 0.15) is 17.2 Å². The van der Waals surface area contributed by atoms with E-state index in [1.807, 2.05) is 36.4 Å². The average Bonchev–Trinajstić information content (AvgIpc) is 3.23. The Morgan fingerprint density at radius 3 is 2.45 bits per heavy atom. The van der Waals surface area contributed by atoms with Gasteiger partial charge in [-0.05, 0) is 42.6 Å². The van der Waals surface area contributed by atoms with Crippen molar-refractivity contribution < 1.29 is 19.4 Å². The van der Waals surface area contributed by atoms with E-state index in [4.69, 9.17) is 14.6 Å². The summed E-state index contributed by atoms with van der Waals surface area (Å²) >= 11 is 0. The largest absolute Gasteiger partial charge is 0.497 e. The van der Waals surface area contributed by atoms with E-state index in [2.05, 4.69) is 29.0 Å². The molecule has 2 aromatic rings. The van der Waals surface area contributed by atoms with Gasteiger partial charge in [-0.2, -0.15) is 0 Å². The number of rotatable bonds is 7. The summed E-state index contributed by atoms with van der Waals surface area (Å²) in [6.07, 6.45) is 0. The van der Waals surface area contributed by atoms with Gasteiger partial charge in [0.05, 0.1) is 7.11 Å². The standard InChI is InChI=1S/C23H28N2O4.2ClH/c1-24-11-18-13-25(12-17-5-3-4-6-21(17)29-15-22(26)27)14-20(18)23(24)16-7-9-19(28-2)10-8-16;;/h3-10,18,20,23H,11-15H2,1-2H3,(H,26,27);2*1H/t18-,20+,23-;;/m0../s1. The molecule has 2 aromatic carbocycles. The number of nitrogens with zero attached hydrogens (tertiary/aromatic N) is 2. The number of aliphatic carboxylic acids is 1. The Hall–Kier alpha value is -1.99. The highest BCUT2D eigenvalue weighted by atomic mass is 35.5. The molecule has 2 saturated heterocycles. The van der Waals surface area contributed by atoms with Crippen molar-refractivity contribution in [1.29, 1.82) is 0 Å². The van der Waals surface area contributed by atoms with Gasteiger partial charge in [0.25, 0.3) is 0 Å². The summed E-state index contributed by atoms with van der Waals surface area (Å²) in [5.41, 5.74) is 2.39. The van der Waals surface area contributed by atoms with Crippen LogP contribution in [0.15, 0.2) is 48.5 Å². The van der Waals surface area contributed by atoms with Gasteiger partial charge in [-0.3, -0.25) is 9.80 Å². The molecule has 2 heterocycles. The number of carboxylic acid groups (broad SMARTS) is 1. The first-order valence-electron chi connectivity index (χ1n) is 10.0. The van der Waals surface area contributed by atoms with E-state index in [1.165, 1.54) is 5.56 Å². The minimum Gasteiger partial charge on any atom is -0.497 e. The molecule has 0 spiro atoms. The van der Waals surface area contributed by atoms with E-state index in [0.717, 1.165) is 37.5 Å². The van der Waals surface area contributed by atoms with Crippen molar-refractivity contribution in [1.82, 2.24) is 9.80 Å². The maximum absolute atomic E-state index is 10.9. The number of carbonyl (C=O) groups is 1. The van der Waals surface area contributed by atoms with Crippen molar-refractivity contribution in [2.75, 3.05) is 40.4 Å². The molecular weight excluding hydrogens is 439 g/mol. The number of para-hydroxylation sites is 1. The predicted octanol–water partition coefficient (Wildman–Crippen LogP) is 3.74. The van der Waals surface area contributed by atoms with Crippen molar-refractivity contribution in [2.24, 2.45) is 11.8 Å². The van der Waals surface area contributed by atoms with E-state index < -0.39 is 5.97 Å². The molecule has 4 rings (SSSR count). The third-order valence-corrected chi connectivity index (χ3v) is 6.15. The minimum absolute atomic E-state index is 0. The molecule has 6 nitrogen and oxygen atoms in total. The molecule has 0 aromatic heterocycles. The Labute approximate surface area is 195 Å². The first kappa shape index (κ1) is 25.3. The zero-order valence-corrected chi connectivity index (χ0v) is 19.4. The van der Waals surface area contributed by atoms with Crippen LogP contribution in [0.5, 0.6) is 11.5 Å². The van der Waals surface area contributed by atoms with Crippen LogP contribution < -0.4 is 9.47 Å². The van der Waals surface area contributed by atoms with Gasteiger partial charge in [0.2, 0.25) is 0 Å². The molecular formula is C23H30Cl2N2O4. The molecule has 0 amide bonds. The van der Waals surface area contributed by atoms with Crippen LogP contribution in [0.3, 0.4) is 0 Å². The lowest BCUT2D eigenvalue weighted by atomic mass is 9.89. The molecule has 0 saturated carbocycles. The first-order chi connectivity index (χ1) is 14.0. The zero-order chi connectivity index (χ0) is 20.4. The number of ether oxygens (including phenoxy) is 2. The van der Waals surface area contributed by atoms with E-state index >= 15 is 0 Å². The Morgan fingerprint density at radius 2 is 1.77 bits per heavy atom. The van der Waals surface area contributed by atoms with E-state index in [9.17, 15) is 4.79 Å². The fraction of sp³-hybridized carbons (Fsp3) is 0.435. The summed E-state index contributed by atoms with van der Waals surface area (Å²) < 4.78 is 10.8. The van der Waals surface area contributed by atoms with Crippen molar-refractivity contribution in [2.45, 2.75) is 12.6 Å². The average molecular weight is 469 g/mol. The number of hydrogen-bond acceptors (Lipinski definition) is 5. The van der Waals surface area contributed by atoms with Crippen molar-refractivity contribution in [3.05, 3.63) is 59.7 Å². The summed E-state index contributed by atoms with van der Waals surface area (Å²) in [5.74, 6) is 1.81. The van der Waals surface area contributed by atoms with Crippen LogP contribution in [0.2, 0.25) is 0 Å². The second-order valence-corrected chi connectivity index (χ2v) is 8.07. The van der Waals surface area contributed by atoms with E-state index in [0.29, 0.717) is 23.6 Å². The summed E-state index contributed by atoms with van der Waals surface area (Å²) in [5, 5.41) is 8.91. The van der Waals surface area contributed by atoms with Gasteiger partial charge in [-0.25, -0.2) is 4.79 Å². The molecule has 2 aliphatic rings. The molecule has 170 valence electrons. The SMILES string of the molecule is COc1ccc([C@H]2[C@@H]3CN(Cc4ccccc4OCC(=O)O)C[C@@H]3CN2C)cc1.Cl.Cl. The minimum atomic E-state index is -0.958. The van der Waals surface area contributed by atoms with E-state index in [-0.39, 0.29) is 31.4 Å². The molecule has 0 bridgehead atoms. The lowest BCUT2D eigenvalue weighted by Gasteiger charge is -2.27. The van der Waals surface area contributed by atoms with Gasteiger partial charge in [-0.1, -0.05) is 30.3 Å². The second-order valence-electron chi connectivity index (χ2n) is 8.07. The maximum Gasteiger partial charge on any atom is 0.341 e. The molecule has 0 unspecified atom stereocenters. The third-order valence-electron chi connectivity index (χ3n) is 6.15. The first-order valence-corrected chi connectivity index (χ1v) is 10.0. The number of benzene rings is 2. The Balaban J connectivity index is 0.00000171. The molecule has 2 aliphatic heterocycles. The Morgan fingerprint density at radius 1 is 1.06 bits per heavy atom. The van der Waals surface area contributed by atoms with Gasteiger partial charge >= 0.3 is 5.97 Å². The second kappa shape index (κ2) is 11.0.